The third-order valence-electron chi connectivity index (χ3n) is 5.79. The van der Waals surface area contributed by atoms with Gasteiger partial charge in [-0.15, -0.1) is 0 Å². The van der Waals surface area contributed by atoms with Crippen molar-refractivity contribution in [2.75, 3.05) is 14.1 Å². The van der Waals surface area contributed by atoms with Gasteiger partial charge in [0.1, 0.15) is 18.1 Å². The number of carbonyl (C=O) groups excluding carboxylic acids is 1. The van der Waals surface area contributed by atoms with Crippen LogP contribution in [0.25, 0.3) is 22.4 Å². The summed E-state index contributed by atoms with van der Waals surface area (Å²) in [6, 6.07) is 14.8. The monoisotopic (exact) mass is 563 g/mol. The van der Waals surface area contributed by atoms with Gasteiger partial charge in [-0.05, 0) is 53.6 Å². The largest absolute Gasteiger partial charge is 0.506 e. The first-order valence-corrected chi connectivity index (χ1v) is 12.0. The van der Waals surface area contributed by atoms with E-state index in [0.717, 1.165) is 17.7 Å². The zero-order valence-corrected chi connectivity index (χ0v) is 22.0. The van der Waals surface area contributed by atoms with Crippen LogP contribution in [0.2, 0.25) is 10.0 Å². The van der Waals surface area contributed by atoms with Crippen LogP contribution in [-0.4, -0.2) is 39.8 Å². The van der Waals surface area contributed by atoms with Crippen molar-refractivity contribution in [1.82, 2.24) is 14.7 Å². The molecule has 0 saturated heterocycles. The summed E-state index contributed by atoms with van der Waals surface area (Å²) in [5, 5.41) is 15.7. The van der Waals surface area contributed by atoms with Crippen molar-refractivity contribution < 1.29 is 27.8 Å². The maximum Gasteiger partial charge on any atom is 0.417 e. The van der Waals surface area contributed by atoms with Gasteiger partial charge >= 0.3 is 6.18 Å². The van der Waals surface area contributed by atoms with Crippen molar-refractivity contribution in [3.8, 4) is 33.9 Å². The molecule has 0 fully saturated rings. The molecule has 1 aromatic heterocycles. The zero-order chi connectivity index (χ0) is 27.8. The Labute approximate surface area is 226 Å². The van der Waals surface area contributed by atoms with Crippen LogP contribution in [0.15, 0.2) is 60.7 Å². The predicted octanol–water partition coefficient (Wildman–Crippen LogP) is 7.07. The number of benzene rings is 3. The molecule has 38 heavy (non-hydrogen) atoms. The number of rotatable bonds is 6. The minimum absolute atomic E-state index is 0.0281. The van der Waals surface area contributed by atoms with Gasteiger partial charge in [-0.3, -0.25) is 9.48 Å². The summed E-state index contributed by atoms with van der Waals surface area (Å²) in [6.07, 6.45) is -4.71. The molecule has 11 heteroatoms. The van der Waals surface area contributed by atoms with Gasteiger partial charge in [0.05, 0.1) is 21.8 Å². The number of ether oxygens (including phenoxy) is 1. The van der Waals surface area contributed by atoms with Crippen molar-refractivity contribution in [3.63, 3.8) is 0 Å². The van der Waals surface area contributed by atoms with E-state index in [1.54, 1.807) is 57.5 Å². The fourth-order valence-electron chi connectivity index (χ4n) is 3.87. The topological polar surface area (TPSA) is 67.6 Å². The van der Waals surface area contributed by atoms with Crippen LogP contribution in [0.1, 0.15) is 21.6 Å². The summed E-state index contributed by atoms with van der Waals surface area (Å²) in [5.41, 5.74) is 0.541. The first-order valence-electron chi connectivity index (χ1n) is 11.2. The average molecular weight is 564 g/mol. The summed E-state index contributed by atoms with van der Waals surface area (Å²) in [7, 11) is 4.76. The molecule has 0 atom stereocenters. The van der Waals surface area contributed by atoms with Gasteiger partial charge < -0.3 is 14.7 Å². The molecular formula is C27H22Cl2F3N3O3. The van der Waals surface area contributed by atoms with E-state index < -0.39 is 16.8 Å². The molecule has 3 aromatic carbocycles. The lowest BCUT2D eigenvalue weighted by Crippen LogP contribution is -2.22. The van der Waals surface area contributed by atoms with Crippen molar-refractivity contribution in [3.05, 3.63) is 87.5 Å². The maximum absolute atomic E-state index is 13.7. The van der Waals surface area contributed by atoms with Gasteiger partial charge in [-0.2, -0.15) is 18.3 Å². The number of hydrogen-bond acceptors (Lipinski definition) is 4. The number of halogens is 5. The van der Waals surface area contributed by atoms with Gasteiger partial charge in [0.25, 0.3) is 5.91 Å². The van der Waals surface area contributed by atoms with E-state index in [0.29, 0.717) is 10.7 Å². The minimum atomic E-state index is -4.71. The number of alkyl halides is 3. The summed E-state index contributed by atoms with van der Waals surface area (Å²) in [4.78, 5) is 13.8. The summed E-state index contributed by atoms with van der Waals surface area (Å²) >= 11 is 11.8. The second-order valence-corrected chi connectivity index (χ2v) is 9.52. The lowest BCUT2D eigenvalue weighted by molar-refractivity contribution is -0.137. The van der Waals surface area contributed by atoms with Crippen LogP contribution < -0.4 is 4.74 Å². The lowest BCUT2D eigenvalue weighted by atomic mass is 9.97. The van der Waals surface area contributed by atoms with Crippen molar-refractivity contribution in [2.24, 2.45) is 7.05 Å². The summed E-state index contributed by atoms with van der Waals surface area (Å²) in [6.45, 7) is 0.0653. The molecule has 0 aliphatic carbocycles. The molecule has 0 unspecified atom stereocenters. The van der Waals surface area contributed by atoms with E-state index in [1.165, 1.54) is 21.7 Å². The lowest BCUT2D eigenvalue weighted by Gasteiger charge is -2.18. The molecule has 0 spiro atoms. The molecule has 0 bridgehead atoms. The molecule has 0 radical (unpaired) electrons. The fourth-order valence-corrected chi connectivity index (χ4v) is 4.22. The van der Waals surface area contributed by atoms with E-state index in [2.05, 4.69) is 5.10 Å². The Hall–Kier alpha value is -3.69. The smallest absolute Gasteiger partial charge is 0.417 e. The highest BCUT2D eigenvalue weighted by Crippen LogP contribution is 2.46. The summed E-state index contributed by atoms with van der Waals surface area (Å²) < 4.78 is 48.3. The number of amides is 1. The average Bonchev–Trinajstić information content (AvgIpc) is 3.24. The number of aryl methyl sites for hydroxylation is 1. The number of aromatic hydroxyl groups is 1. The Morgan fingerprint density at radius 1 is 1.05 bits per heavy atom. The quantitative estimate of drug-likeness (QED) is 0.272. The predicted molar refractivity (Wildman–Crippen MR) is 140 cm³/mol. The van der Waals surface area contributed by atoms with Crippen LogP contribution in [-0.2, 0) is 19.8 Å². The molecule has 1 heterocycles. The van der Waals surface area contributed by atoms with Gasteiger partial charge in [0.2, 0.25) is 0 Å². The fraction of sp³-hybridized carbons (Fsp3) is 0.185. The van der Waals surface area contributed by atoms with Crippen molar-refractivity contribution >= 4 is 29.1 Å². The van der Waals surface area contributed by atoms with Gasteiger partial charge in [0, 0.05) is 31.7 Å². The zero-order valence-electron chi connectivity index (χ0n) is 20.5. The van der Waals surface area contributed by atoms with Gasteiger partial charge in [-0.25, -0.2) is 0 Å². The highest BCUT2D eigenvalue weighted by atomic mass is 35.5. The Bertz CT molecular complexity index is 1500. The first-order chi connectivity index (χ1) is 17.9. The molecule has 6 nitrogen and oxygen atoms in total. The third-order valence-corrected chi connectivity index (χ3v) is 6.37. The van der Waals surface area contributed by atoms with Gasteiger partial charge in [0.15, 0.2) is 5.69 Å². The molecule has 0 aliphatic heterocycles. The second-order valence-electron chi connectivity index (χ2n) is 8.68. The molecule has 1 amide bonds. The minimum Gasteiger partial charge on any atom is -0.506 e. The first kappa shape index (κ1) is 27.3. The maximum atomic E-state index is 13.7. The molecule has 0 aliphatic rings. The Balaban J connectivity index is 1.86. The van der Waals surface area contributed by atoms with Gasteiger partial charge in [-0.1, -0.05) is 41.4 Å². The Kier molecular flexibility index (Phi) is 7.62. The molecular weight excluding hydrogens is 542 g/mol. The van der Waals surface area contributed by atoms with Crippen LogP contribution in [0.4, 0.5) is 13.2 Å². The van der Waals surface area contributed by atoms with E-state index >= 15 is 0 Å². The third kappa shape index (κ3) is 5.58. The summed E-state index contributed by atoms with van der Waals surface area (Å²) in [5.74, 6) is -0.550. The van der Waals surface area contributed by atoms with E-state index in [-0.39, 0.29) is 46.4 Å². The van der Waals surface area contributed by atoms with Crippen LogP contribution in [0.3, 0.4) is 0 Å². The number of nitrogens with zero attached hydrogens (tertiary/aromatic N) is 3. The standard InChI is InChI=1S/C27H22Cl2F3N3O3/c1-34(2)26(37)21-13-22(35(3)33-21)18-9-11-23(38-14-15-4-7-17(28)8-5-15)24(25(18)36)16-6-10-20(29)19(12-16)27(30,31)32/h4-13,36H,14H2,1-3H3. The number of phenols is 1. The molecule has 1 N–H and O–H groups in total. The van der Waals surface area contributed by atoms with Crippen LogP contribution >= 0.6 is 23.2 Å². The molecule has 198 valence electrons. The number of aromatic nitrogens is 2. The highest BCUT2D eigenvalue weighted by molar-refractivity contribution is 6.31. The Morgan fingerprint density at radius 3 is 2.37 bits per heavy atom. The van der Waals surface area contributed by atoms with E-state index in [1.807, 2.05) is 0 Å². The number of carbonyl (C=O) groups is 1. The molecule has 4 aromatic rings. The van der Waals surface area contributed by atoms with E-state index in [9.17, 15) is 23.1 Å². The van der Waals surface area contributed by atoms with Crippen molar-refractivity contribution in [1.29, 1.82) is 0 Å². The van der Waals surface area contributed by atoms with E-state index in [4.69, 9.17) is 27.9 Å². The SMILES string of the molecule is CN(C)C(=O)c1cc(-c2ccc(OCc3ccc(Cl)cc3)c(-c3ccc(Cl)c(C(F)(F)F)c3)c2O)n(C)n1. The Morgan fingerprint density at radius 2 is 1.74 bits per heavy atom. The highest BCUT2D eigenvalue weighted by Gasteiger charge is 2.34. The number of phenolic OH excluding ortho intramolecular Hbond substituents is 1. The second kappa shape index (κ2) is 10.6. The van der Waals surface area contributed by atoms with Crippen LogP contribution in [0.5, 0.6) is 11.5 Å². The van der Waals surface area contributed by atoms with Crippen LogP contribution in [0, 0.1) is 0 Å². The normalized spacial score (nSPS) is 11.5. The molecule has 4 rings (SSSR count). The molecule has 0 saturated carbocycles. The van der Waals surface area contributed by atoms with Crippen molar-refractivity contribution in [2.45, 2.75) is 12.8 Å². The number of hydrogen-bond donors (Lipinski definition) is 1.